The third kappa shape index (κ3) is 7.00. The second-order valence-corrected chi connectivity index (χ2v) is 6.78. The molecule has 0 fully saturated rings. The van der Waals surface area contributed by atoms with E-state index in [1.165, 1.54) is 18.4 Å². The molecule has 5 nitrogen and oxygen atoms in total. The lowest BCUT2D eigenvalue weighted by Crippen LogP contribution is -2.41. The standard InChI is InChI=1S/C21H30N2O3/c24-16-13-19(18-9-5-2-6-10-18)12-15-23-21(26)20(25)22-14-11-17-7-3-1-4-8-17/h2,5-7,9-10,19,24H,1,3-4,8,11-16H2,(H,22,25)(H,23,26)/t19-/m1/s1. The molecule has 1 aliphatic rings. The number of rotatable bonds is 9. The summed E-state index contributed by atoms with van der Waals surface area (Å²) in [6, 6.07) is 9.93. The van der Waals surface area contributed by atoms with Crippen molar-refractivity contribution >= 4 is 11.8 Å². The van der Waals surface area contributed by atoms with Gasteiger partial charge in [0.2, 0.25) is 0 Å². The number of hydrogen-bond donors (Lipinski definition) is 3. The average molecular weight is 358 g/mol. The fourth-order valence-corrected chi connectivity index (χ4v) is 3.35. The predicted molar refractivity (Wildman–Crippen MR) is 103 cm³/mol. The number of allylic oxidation sites excluding steroid dienone is 1. The molecule has 142 valence electrons. The average Bonchev–Trinajstić information content (AvgIpc) is 2.68. The summed E-state index contributed by atoms with van der Waals surface area (Å²) in [5.74, 6) is -0.985. The van der Waals surface area contributed by atoms with Crippen molar-refractivity contribution < 1.29 is 14.7 Å². The monoisotopic (exact) mass is 358 g/mol. The molecule has 2 amide bonds. The lowest BCUT2D eigenvalue weighted by molar-refractivity contribution is -0.139. The third-order valence-electron chi connectivity index (χ3n) is 4.85. The zero-order chi connectivity index (χ0) is 18.6. The van der Waals surface area contributed by atoms with E-state index in [0.717, 1.165) is 24.8 Å². The Balaban J connectivity index is 1.67. The summed E-state index contributed by atoms with van der Waals surface area (Å²) in [5, 5.41) is 14.6. The van der Waals surface area contributed by atoms with Gasteiger partial charge in [0.25, 0.3) is 0 Å². The van der Waals surface area contributed by atoms with E-state index in [9.17, 15) is 14.7 Å². The molecule has 0 aliphatic heterocycles. The Labute approximate surface area is 155 Å². The molecule has 0 aromatic heterocycles. The quantitative estimate of drug-likeness (QED) is 0.469. The van der Waals surface area contributed by atoms with Crippen LogP contribution >= 0.6 is 0 Å². The molecule has 0 heterocycles. The molecule has 0 bridgehead atoms. The second kappa shape index (κ2) is 11.5. The van der Waals surface area contributed by atoms with Crippen LogP contribution in [0, 0.1) is 0 Å². The van der Waals surface area contributed by atoms with Gasteiger partial charge in [-0.25, -0.2) is 0 Å². The van der Waals surface area contributed by atoms with E-state index in [-0.39, 0.29) is 12.5 Å². The normalized spacial score (nSPS) is 15.0. The summed E-state index contributed by atoms with van der Waals surface area (Å²) in [6.07, 6.45) is 9.10. The molecule has 1 aliphatic carbocycles. The zero-order valence-corrected chi connectivity index (χ0v) is 15.4. The molecular formula is C21H30N2O3. The minimum absolute atomic E-state index is 0.101. The van der Waals surface area contributed by atoms with Gasteiger partial charge < -0.3 is 15.7 Å². The summed E-state index contributed by atoms with van der Waals surface area (Å²) >= 11 is 0. The van der Waals surface area contributed by atoms with Crippen LogP contribution in [0.25, 0.3) is 0 Å². The Kier molecular flexibility index (Phi) is 8.90. The Hall–Kier alpha value is -2.14. The number of carbonyl (C=O) groups is 2. The molecule has 1 aromatic carbocycles. The van der Waals surface area contributed by atoms with Gasteiger partial charge in [-0.15, -0.1) is 0 Å². The third-order valence-corrected chi connectivity index (χ3v) is 4.85. The molecule has 0 unspecified atom stereocenters. The number of aliphatic hydroxyl groups excluding tert-OH is 1. The minimum Gasteiger partial charge on any atom is -0.396 e. The van der Waals surface area contributed by atoms with Gasteiger partial charge in [0.05, 0.1) is 0 Å². The summed E-state index contributed by atoms with van der Waals surface area (Å²) in [4.78, 5) is 23.8. The fraction of sp³-hybridized carbons (Fsp3) is 0.524. The van der Waals surface area contributed by atoms with Crippen molar-refractivity contribution in [3.05, 3.63) is 47.5 Å². The van der Waals surface area contributed by atoms with Crippen LogP contribution in [0.3, 0.4) is 0 Å². The predicted octanol–water partition coefficient (Wildman–Crippen LogP) is 2.67. The first kappa shape index (κ1) is 20.2. The van der Waals surface area contributed by atoms with Gasteiger partial charge in [0, 0.05) is 19.7 Å². The first-order valence-electron chi connectivity index (χ1n) is 9.60. The van der Waals surface area contributed by atoms with E-state index in [1.807, 2.05) is 30.3 Å². The molecule has 0 radical (unpaired) electrons. The summed E-state index contributed by atoms with van der Waals surface area (Å²) in [5.41, 5.74) is 2.52. The number of hydrogen-bond acceptors (Lipinski definition) is 3. The van der Waals surface area contributed by atoms with Gasteiger partial charge in [-0.3, -0.25) is 9.59 Å². The Morgan fingerprint density at radius 1 is 1.00 bits per heavy atom. The number of benzene rings is 1. The SMILES string of the molecule is O=C(NCCC1=CCCCC1)C(=O)NCC[C@H](CCO)c1ccccc1. The van der Waals surface area contributed by atoms with E-state index in [2.05, 4.69) is 16.7 Å². The maximum atomic E-state index is 11.9. The van der Waals surface area contributed by atoms with Crippen molar-refractivity contribution in [1.29, 1.82) is 0 Å². The van der Waals surface area contributed by atoms with Crippen molar-refractivity contribution in [3.63, 3.8) is 0 Å². The van der Waals surface area contributed by atoms with Crippen LogP contribution < -0.4 is 10.6 Å². The largest absolute Gasteiger partial charge is 0.396 e. The van der Waals surface area contributed by atoms with Crippen molar-refractivity contribution in [2.45, 2.75) is 50.9 Å². The lowest BCUT2D eigenvalue weighted by atomic mass is 9.93. The van der Waals surface area contributed by atoms with Crippen LogP contribution in [-0.2, 0) is 9.59 Å². The number of nitrogens with one attached hydrogen (secondary N) is 2. The van der Waals surface area contributed by atoms with E-state index in [1.54, 1.807) is 0 Å². The summed E-state index contributed by atoms with van der Waals surface area (Å²) in [7, 11) is 0. The van der Waals surface area contributed by atoms with Crippen LogP contribution in [0.1, 0.15) is 56.4 Å². The maximum Gasteiger partial charge on any atom is 0.309 e. The summed E-state index contributed by atoms with van der Waals surface area (Å²) in [6.45, 7) is 1.02. The van der Waals surface area contributed by atoms with E-state index in [0.29, 0.717) is 25.9 Å². The van der Waals surface area contributed by atoms with Crippen molar-refractivity contribution in [2.75, 3.05) is 19.7 Å². The van der Waals surface area contributed by atoms with Crippen LogP contribution in [0.5, 0.6) is 0 Å². The van der Waals surface area contributed by atoms with E-state index >= 15 is 0 Å². The van der Waals surface area contributed by atoms with Gasteiger partial charge in [-0.2, -0.15) is 0 Å². The second-order valence-electron chi connectivity index (χ2n) is 6.78. The summed E-state index contributed by atoms with van der Waals surface area (Å²) < 4.78 is 0. The molecule has 0 saturated heterocycles. The molecule has 2 rings (SSSR count). The smallest absolute Gasteiger partial charge is 0.309 e. The molecular weight excluding hydrogens is 328 g/mol. The molecule has 1 aromatic rings. The van der Waals surface area contributed by atoms with Crippen LogP contribution in [0.15, 0.2) is 42.0 Å². The van der Waals surface area contributed by atoms with Crippen molar-refractivity contribution in [1.82, 2.24) is 10.6 Å². The minimum atomic E-state index is -0.585. The highest BCUT2D eigenvalue weighted by Gasteiger charge is 2.15. The molecule has 1 atom stereocenters. The highest BCUT2D eigenvalue weighted by Crippen LogP contribution is 2.22. The van der Waals surface area contributed by atoms with Crippen molar-refractivity contribution in [3.8, 4) is 0 Å². The molecule has 0 spiro atoms. The van der Waals surface area contributed by atoms with Gasteiger partial charge in [-0.1, -0.05) is 42.0 Å². The van der Waals surface area contributed by atoms with Gasteiger partial charge in [-0.05, 0) is 56.4 Å². The van der Waals surface area contributed by atoms with E-state index in [4.69, 9.17) is 0 Å². The lowest BCUT2D eigenvalue weighted by Gasteiger charge is -2.16. The fourth-order valence-electron chi connectivity index (χ4n) is 3.35. The zero-order valence-electron chi connectivity index (χ0n) is 15.4. The molecule has 3 N–H and O–H groups in total. The highest BCUT2D eigenvalue weighted by molar-refractivity contribution is 6.35. The number of amides is 2. The van der Waals surface area contributed by atoms with Gasteiger partial charge in [0.1, 0.15) is 0 Å². The van der Waals surface area contributed by atoms with Crippen LogP contribution in [-0.4, -0.2) is 36.6 Å². The highest BCUT2D eigenvalue weighted by atomic mass is 16.3. The Morgan fingerprint density at radius 3 is 2.38 bits per heavy atom. The Morgan fingerprint density at radius 2 is 1.73 bits per heavy atom. The Bertz CT molecular complexity index is 599. The first-order chi connectivity index (χ1) is 12.7. The van der Waals surface area contributed by atoms with Gasteiger partial charge >= 0.3 is 11.8 Å². The van der Waals surface area contributed by atoms with Crippen molar-refractivity contribution in [2.24, 2.45) is 0 Å². The van der Waals surface area contributed by atoms with E-state index < -0.39 is 11.8 Å². The molecule has 26 heavy (non-hydrogen) atoms. The number of aliphatic hydroxyl groups is 1. The number of carbonyl (C=O) groups excluding carboxylic acids is 2. The maximum absolute atomic E-state index is 11.9. The van der Waals surface area contributed by atoms with Crippen LogP contribution in [0.4, 0.5) is 0 Å². The van der Waals surface area contributed by atoms with Crippen LogP contribution in [0.2, 0.25) is 0 Å². The first-order valence-corrected chi connectivity index (χ1v) is 9.60. The molecule has 5 heteroatoms. The topological polar surface area (TPSA) is 78.4 Å². The molecule has 0 saturated carbocycles. The van der Waals surface area contributed by atoms with Gasteiger partial charge in [0.15, 0.2) is 0 Å².